The van der Waals surface area contributed by atoms with Crippen LogP contribution in [-0.4, -0.2) is 36.8 Å². The molecule has 1 saturated heterocycles. The maximum Gasteiger partial charge on any atom is 0.218 e. The Hall–Kier alpha value is -0.720. The Labute approximate surface area is 113 Å². The lowest BCUT2D eigenvalue weighted by molar-refractivity contribution is 0.367. The minimum Gasteiger partial charge on any atom is -0.399 e. The molecule has 0 radical (unpaired) electrons. The summed E-state index contributed by atoms with van der Waals surface area (Å²) in [4.78, 5) is 0. The van der Waals surface area contributed by atoms with Gasteiger partial charge in [-0.05, 0) is 24.6 Å². The molecule has 0 amide bonds. The van der Waals surface area contributed by atoms with Crippen LogP contribution in [0.2, 0.25) is 0 Å². The Kier molecular flexibility index (Phi) is 4.19. The van der Waals surface area contributed by atoms with Gasteiger partial charge in [-0.2, -0.15) is 16.1 Å². The molecule has 18 heavy (non-hydrogen) atoms. The average molecular weight is 286 g/mol. The van der Waals surface area contributed by atoms with E-state index < -0.39 is 10.0 Å². The fourth-order valence-corrected chi connectivity index (χ4v) is 5.03. The Morgan fingerprint density at radius 3 is 2.67 bits per heavy atom. The molecule has 1 heterocycles. The number of rotatable bonds is 3. The van der Waals surface area contributed by atoms with Gasteiger partial charge in [0.25, 0.3) is 0 Å². The molecule has 0 bridgehead atoms. The van der Waals surface area contributed by atoms with Crippen molar-refractivity contribution in [1.82, 2.24) is 4.31 Å². The first kappa shape index (κ1) is 13.7. The summed E-state index contributed by atoms with van der Waals surface area (Å²) in [6.45, 7) is 2.58. The molecule has 1 unspecified atom stereocenters. The molecule has 1 aromatic carbocycles. The van der Waals surface area contributed by atoms with Gasteiger partial charge in [0.2, 0.25) is 10.0 Å². The minimum atomic E-state index is -3.22. The molecular formula is C12H18N2O2S2. The van der Waals surface area contributed by atoms with Crippen LogP contribution in [0.25, 0.3) is 0 Å². The van der Waals surface area contributed by atoms with Crippen molar-refractivity contribution in [2.75, 3.05) is 23.8 Å². The standard InChI is InChI=1S/C12H18N2O2S2/c1-10-8-17-7-6-14(10)18(15,16)9-11-2-4-12(13)5-3-11/h2-5,10H,6-9,13H2,1H3. The lowest BCUT2D eigenvalue weighted by Crippen LogP contribution is -2.44. The van der Waals surface area contributed by atoms with Gasteiger partial charge in [0, 0.05) is 29.8 Å². The lowest BCUT2D eigenvalue weighted by atomic mass is 10.2. The molecule has 2 rings (SSSR count). The van der Waals surface area contributed by atoms with E-state index in [1.165, 1.54) is 0 Å². The highest BCUT2D eigenvalue weighted by molar-refractivity contribution is 7.99. The topological polar surface area (TPSA) is 63.4 Å². The predicted molar refractivity (Wildman–Crippen MR) is 77.0 cm³/mol. The van der Waals surface area contributed by atoms with Crippen LogP contribution in [0.15, 0.2) is 24.3 Å². The summed E-state index contributed by atoms with van der Waals surface area (Å²) < 4.78 is 26.3. The van der Waals surface area contributed by atoms with E-state index in [9.17, 15) is 8.42 Å². The third kappa shape index (κ3) is 3.18. The van der Waals surface area contributed by atoms with Crippen LogP contribution in [0.4, 0.5) is 5.69 Å². The molecule has 1 atom stereocenters. The fraction of sp³-hybridized carbons (Fsp3) is 0.500. The normalized spacial score (nSPS) is 21.9. The van der Waals surface area contributed by atoms with Crippen molar-refractivity contribution in [3.05, 3.63) is 29.8 Å². The van der Waals surface area contributed by atoms with E-state index in [0.717, 1.165) is 17.1 Å². The first-order valence-electron chi connectivity index (χ1n) is 5.91. The molecule has 0 aromatic heterocycles. The van der Waals surface area contributed by atoms with Gasteiger partial charge in [0.05, 0.1) is 5.75 Å². The van der Waals surface area contributed by atoms with Gasteiger partial charge in [-0.15, -0.1) is 0 Å². The molecule has 0 aliphatic carbocycles. The first-order chi connectivity index (χ1) is 8.49. The van der Waals surface area contributed by atoms with Crippen molar-refractivity contribution in [1.29, 1.82) is 0 Å². The molecule has 1 aliphatic heterocycles. The third-order valence-electron chi connectivity index (χ3n) is 2.99. The fourth-order valence-electron chi connectivity index (χ4n) is 2.03. The van der Waals surface area contributed by atoms with E-state index in [2.05, 4.69) is 0 Å². The van der Waals surface area contributed by atoms with Crippen LogP contribution in [0.3, 0.4) is 0 Å². The van der Waals surface area contributed by atoms with Crippen LogP contribution in [-0.2, 0) is 15.8 Å². The van der Waals surface area contributed by atoms with Gasteiger partial charge in [0.1, 0.15) is 0 Å². The van der Waals surface area contributed by atoms with Gasteiger partial charge in [-0.25, -0.2) is 8.42 Å². The number of hydrogen-bond acceptors (Lipinski definition) is 4. The second kappa shape index (κ2) is 5.50. The van der Waals surface area contributed by atoms with E-state index in [1.807, 2.05) is 18.7 Å². The largest absolute Gasteiger partial charge is 0.399 e. The smallest absolute Gasteiger partial charge is 0.218 e. The molecule has 0 spiro atoms. The van der Waals surface area contributed by atoms with E-state index in [-0.39, 0.29) is 11.8 Å². The highest BCUT2D eigenvalue weighted by Gasteiger charge is 2.29. The zero-order chi connectivity index (χ0) is 13.2. The van der Waals surface area contributed by atoms with Crippen LogP contribution in [0, 0.1) is 0 Å². The van der Waals surface area contributed by atoms with Gasteiger partial charge in [0.15, 0.2) is 0 Å². The Morgan fingerprint density at radius 2 is 2.06 bits per heavy atom. The molecule has 100 valence electrons. The van der Waals surface area contributed by atoms with Crippen molar-refractivity contribution in [3.63, 3.8) is 0 Å². The molecule has 1 aliphatic rings. The summed E-state index contributed by atoms with van der Waals surface area (Å²) in [5.74, 6) is 1.81. The van der Waals surface area contributed by atoms with Gasteiger partial charge in [-0.1, -0.05) is 12.1 Å². The summed E-state index contributed by atoms with van der Waals surface area (Å²) in [6.07, 6.45) is 0. The third-order valence-corrected chi connectivity index (χ3v) is 6.14. The number of nitrogens with two attached hydrogens (primary N) is 1. The molecule has 1 aromatic rings. The Balaban J connectivity index is 2.13. The van der Waals surface area contributed by atoms with Gasteiger partial charge in [-0.3, -0.25) is 0 Å². The highest BCUT2D eigenvalue weighted by atomic mass is 32.2. The summed E-state index contributed by atoms with van der Waals surface area (Å²) >= 11 is 1.81. The molecule has 6 heteroatoms. The second-order valence-corrected chi connectivity index (χ2v) is 7.60. The minimum absolute atomic E-state index is 0.0578. The van der Waals surface area contributed by atoms with Crippen LogP contribution < -0.4 is 5.73 Å². The monoisotopic (exact) mass is 286 g/mol. The highest BCUT2D eigenvalue weighted by Crippen LogP contribution is 2.22. The number of hydrogen-bond donors (Lipinski definition) is 1. The summed E-state index contributed by atoms with van der Waals surface area (Å²) in [6, 6.07) is 7.11. The predicted octanol–water partition coefficient (Wildman–Crippen LogP) is 1.54. The number of thioether (sulfide) groups is 1. The number of nitrogen functional groups attached to an aromatic ring is 1. The Bertz CT molecular complexity index is 499. The molecular weight excluding hydrogens is 268 g/mol. The molecule has 2 N–H and O–H groups in total. The lowest BCUT2D eigenvalue weighted by Gasteiger charge is -2.32. The van der Waals surface area contributed by atoms with Crippen molar-refractivity contribution >= 4 is 27.5 Å². The summed E-state index contributed by atoms with van der Waals surface area (Å²) in [5, 5.41) is 0. The maximum atomic E-state index is 12.3. The van der Waals surface area contributed by atoms with E-state index in [0.29, 0.717) is 12.2 Å². The zero-order valence-corrected chi connectivity index (χ0v) is 12.0. The van der Waals surface area contributed by atoms with E-state index >= 15 is 0 Å². The zero-order valence-electron chi connectivity index (χ0n) is 10.4. The first-order valence-corrected chi connectivity index (χ1v) is 8.67. The van der Waals surface area contributed by atoms with Crippen molar-refractivity contribution < 1.29 is 8.42 Å². The summed E-state index contributed by atoms with van der Waals surface area (Å²) in [5.41, 5.74) is 7.03. The van der Waals surface area contributed by atoms with Crippen molar-refractivity contribution in [2.45, 2.75) is 18.7 Å². The number of sulfonamides is 1. The Morgan fingerprint density at radius 1 is 1.39 bits per heavy atom. The molecule has 1 fully saturated rings. The van der Waals surface area contributed by atoms with Gasteiger partial charge >= 0.3 is 0 Å². The quantitative estimate of drug-likeness (QED) is 0.856. The molecule has 0 saturated carbocycles. The number of anilines is 1. The van der Waals surface area contributed by atoms with Crippen LogP contribution in [0.1, 0.15) is 12.5 Å². The SMILES string of the molecule is CC1CSCCN1S(=O)(=O)Cc1ccc(N)cc1. The average Bonchev–Trinajstić information content (AvgIpc) is 2.32. The second-order valence-electron chi connectivity index (χ2n) is 4.53. The van der Waals surface area contributed by atoms with Gasteiger partial charge < -0.3 is 5.73 Å². The van der Waals surface area contributed by atoms with Crippen molar-refractivity contribution in [2.24, 2.45) is 0 Å². The van der Waals surface area contributed by atoms with E-state index in [1.54, 1.807) is 28.6 Å². The van der Waals surface area contributed by atoms with Crippen LogP contribution in [0.5, 0.6) is 0 Å². The maximum absolute atomic E-state index is 12.3. The van der Waals surface area contributed by atoms with Crippen molar-refractivity contribution in [3.8, 4) is 0 Å². The molecule has 4 nitrogen and oxygen atoms in total. The number of nitrogens with zero attached hydrogens (tertiary/aromatic N) is 1. The van der Waals surface area contributed by atoms with Crippen LogP contribution >= 0.6 is 11.8 Å². The number of benzene rings is 1. The summed E-state index contributed by atoms with van der Waals surface area (Å²) in [7, 11) is -3.22. The van der Waals surface area contributed by atoms with E-state index in [4.69, 9.17) is 5.73 Å².